The Labute approximate surface area is 87.2 Å². The molecule has 1 heterocycles. The topological polar surface area (TPSA) is 40.5 Å². The lowest BCUT2D eigenvalue weighted by atomic mass is 9.73. The summed E-state index contributed by atoms with van der Waals surface area (Å²) in [5.74, 6) is 0.469. The molecule has 2 unspecified atom stereocenters. The highest BCUT2D eigenvalue weighted by Gasteiger charge is 2.47. The van der Waals surface area contributed by atoms with Gasteiger partial charge in [0.2, 0.25) is 0 Å². The Balaban J connectivity index is 2.70. The maximum Gasteiger partial charge on any atom is 0.407 e. The van der Waals surface area contributed by atoms with E-state index in [-0.39, 0.29) is 11.5 Å². The van der Waals surface area contributed by atoms with Crippen molar-refractivity contribution in [3.63, 3.8) is 0 Å². The molecular weight excluding hydrogens is 234 g/mol. The standard InChI is InChI=1S/C9H16BrNO2/c1-9(2,3)7-6(4-10)5-11(7)8(12)13/h6-7H,4-5H2,1-3H3,(H,12,13). The normalized spacial score (nSPS) is 28.5. The van der Waals surface area contributed by atoms with Gasteiger partial charge in [0.05, 0.1) is 0 Å². The minimum Gasteiger partial charge on any atom is -0.465 e. The van der Waals surface area contributed by atoms with Gasteiger partial charge >= 0.3 is 6.09 Å². The molecule has 4 heteroatoms. The summed E-state index contributed by atoms with van der Waals surface area (Å²) in [5.41, 5.74) is 0.0368. The number of hydrogen-bond acceptors (Lipinski definition) is 1. The van der Waals surface area contributed by atoms with Crippen LogP contribution in [0.25, 0.3) is 0 Å². The summed E-state index contributed by atoms with van der Waals surface area (Å²) >= 11 is 3.42. The molecule has 1 aliphatic rings. The van der Waals surface area contributed by atoms with Crippen LogP contribution < -0.4 is 0 Å². The van der Waals surface area contributed by atoms with Crippen molar-refractivity contribution in [3.05, 3.63) is 0 Å². The lowest BCUT2D eigenvalue weighted by Crippen LogP contribution is -2.63. The van der Waals surface area contributed by atoms with Crippen LogP contribution in [-0.2, 0) is 0 Å². The highest BCUT2D eigenvalue weighted by molar-refractivity contribution is 9.09. The third-order valence-corrected chi connectivity index (χ3v) is 3.38. The van der Waals surface area contributed by atoms with Crippen LogP contribution in [0.3, 0.4) is 0 Å². The Bertz CT molecular complexity index is 212. The first kappa shape index (κ1) is 10.8. The van der Waals surface area contributed by atoms with E-state index in [1.807, 2.05) is 0 Å². The Kier molecular flexibility index (Phi) is 2.90. The number of alkyl halides is 1. The second-order valence-corrected chi connectivity index (χ2v) is 5.31. The Hall–Kier alpha value is -0.250. The van der Waals surface area contributed by atoms with Crippen molar-refractivity contribution in [2.24, 2.45) is 11.3 Å². The first-order valence-electron chi connectivity index (χ1n) is 4.43. The first-order chi connectivity index (χ1) is 5.88. The van der Waals surface area contributed by atoms with E-state index in [4.69, 9.17) is 5.11 Å². The molecule has 2 atom stereocenters. The van der Waals surface area contributed by atoms with Gasteiger partial charge < -0.3 is 10.0 Å². The van der Waals surface area contributed by atoms with Crippen LogP contribution in [0.5, 0.6) is 0 Å². The summed E-state index contributed by atoms with van der Waals surface area (Å²) in [5, 5.41) is 9.78. The number of rotatable bonds is 1. The number of hydrogen-bond donors (Lipinski definition) is 1. The molecule has 1 amide bonds. The third kappa shape index (κ3) is 1.98. The summed E-state index contributed by atoms with van der Waals surface area (Å²) in [7, 11) is 0. The Morgan fingerprint density at radius 1 is 1.62 bits per heavy atom. The molecule has 13 heavy (non-hydrogen) atoms. The molecular formula is C9H16BrNO2. The van der Waals surface area contributed by atoms with Gasteiger partial charge in [-0.25, -0.2) is 4.79 Å². The van der Waals surface area contributed by atoms with Crippen LogP contribution in [0, 0.1) is 11.3 Å². The average molecular weight is 250 g/mol. The van der Waals surface area contributed by atoms with Gasteiger partial charge in [-0.05, 0) is 5.41 Å². The monoisotopic (exact) mass is 249 g/mol. The molecule has 0 aliphatic carbocycles. The Morgan fingerprint density at radius 3 is 2.46 bits per heavy atom. The molecule has 0 bridgehead atoms. The molecule has 0 aromatic rings. The van der Waals surface area contributed by atoms with Crippen molar-refractivity contribution < 1.29 is 9.90 Å². The number of likely N-dealkylation sites (tertiary alicyclic amines) is 1. The maximum absolute atomic E-state index is 10.8. The molecule has 0 aromatic heterocycles. The van der Waals surface area contributed by atoms with Crippen LogP contribution >= 0.6 is 15.9 Å². The van der Waals surface area contributed by atoms with Gasteiger partial charge in [0.25, 0.3) is 0 Å². The van der Waals surface area contributed by atoms with Crippen molar-refractivity contribution in [1.29, 1.82) is 0 Å². The molecule has 0 saturated carbocycles. The van der Waals surface area contributed by atoms with Crippen LogP contribution in [0.1, 0.15) is 20.8 Å². The zero-order chi connectivity index (χ0) is 10.2. The third-order valence-electron chi connectivity index (χ3n) is 2.54. The summed E-state index contributed by atoms with van der Waals surface area (Å²) in [4.78, 5) is 12.3. The summed E-state index contributed by atoms with van der Waals surface area (Å²) < 4.78 is 0. The maximum atomic E-state index is 10.8. The van der Waals surface area contributed by atoms with E-state index in [9.17, 15) is 4.79 Å². The van der Waals surface area contributed by atoms with Gasteiger partial charge in [0.15, 0.2) is 0 Å². The van der Waals surface area contributed by atoms with E-state index in [1.54, 1.807) is 0 Å². The van der Waals surface area contributed by atoms with Crippen LogP contribution in [0.15, 0.2) is 0 Å². The lowest BCUT2D eigenvalue weighted by molar-refractivity contribution is -0.0240. The molecule has 76 valence electrons. The number of amides is 1. The SMILES string of the molecule is CC(C)(C)C1C(CBr)CN1C(=O)O. The van der Waals surface area contributed by atoms with Gasteiger partial charge in [-0.15, -0.1) is 0 Å². The highest BCUT2D eigenvalue weighted by atomic mass is 79.9. The van der Waals surface area contributed by atoms with Crippen molar-refractivity contribution in [2.45, 2.75) is 26.8 Å². The van der Waals surface area contributed by atoms with Crippen molar-refractivity contribution in [2.75, 3.05) is 11.9 Å². The van der Waals surface area contributed by atoms with Gasteiger partial charge in [-0.1, -0.05) is 36.7 Å². The molecule has 1 fully saturated rings. The fourth-order valence-electron chi connectivity index (χ4n) is 2.09. The second-order valence-electron chi connectivity index (χ2n) is 4.66. The molecule has 1 saturated heterocycles. The van der Waals surface area contributed by atoms with E-state index in [0.29, 0.717) is 12.5 Å². The van der Waals surface area contributed by atoms with Gasteiger partial charge in [-0.2, -0.15) is 0 Å². The summed E-state index contributed by atoms with van der Waals surface area (Å²) in [6.45, 7) is 6.93. The highest BCUT2D eigenvalue weighted by Crippen LogP contribution is 2.38. The quantitative estimate of drug-likeness (QED) is 0.726. The molecule has 1 N–H and O–H groups in total. The zero-order valence-corrected chi connectivity index (χ0v) is 9.84. The predicted octanol–water partition coefficient (Wildman–Crippen LogP) is 2.41. The van der Waals surface area contributed by atoms with E-state index >= 15 is 0 Å². The fourth-order valence-corrected chi connectivity index (χ4v) is 2.65. The molecule has 1 rings (SSSR count). The lowest BCUT2D eigenvalue weighted by Gasteiger charge is -2.52. The molecule has 0 radical (unpaired) electrons. The minimum atomic E-state index is -0.794. The summed E-state index contributed by atoms with van der Waals surface area (Å²) in [6.07, 6.45) is -0.794. The number of nitrogens with zero attached hydrogens (tertiary/aromatic N) is 1. The smallest absolute Gasteiger partial charge is 0.407 e. The number of carbonyl (C=O) groups is 1. The van der Waals surface area contributed by atoms with Crippen LogP contribution in [-0.4, -0.2) is 34.0 Å². The van der Waals surface area contributed by atoms with E-state index < -0.39 is 6.09 Å². The predicted molar refractivity (Wildman–Crippen MR) is 55.3 cm³/mol. The van der Waals surface area contributed by atoms with Gasteiger partial charge in [0, 0.05) is 23.8 Å². The van der Waals surface area contributed by atoms with E-state index in [0.717, 1.165) is 5.33 Å². The minimum absolute atomic E-state index is 0.0368. The van der Waals surface area contributed by atoms with E-state index in [1.165, 1.54) is 4.90 Å². The molecule has 0 spiro atoms. The molecule has 0 aromatic carbocycles. The summed E-state index contributed by atoms with van der Waals surface area (Å²) in [6, 6.07) is 0.157. The first-order valence-corrected chi connectivity index (χ1v) is 5.55. The Morgan fingerprint density at radius 2 is 2.15 bits per heavy atom. The molecule has 3 nitrogen and oxygen atoms in total. The van der Waals surface area contributed by atoms with Crippen molar-refractivity contribution in [3.8, 4) is 0 Å². The number of halogens is 1. The fraction of sp³-hybridized carbons (Fsp3) is 0.889. The average Bonchev–Trinajstić information content (AvgIpc) is 1.80. The van der Waals surface area contributed by atoms with Gasteiger partial charge in [0.1, 0.15) is 0 Å². The largest absolute Gasteiger partial charge is 0.465 e. The van der Waals surface area contributed by atoms with Crippen molar-refractivity contribution in [1.82, 2.24) is 4.90 Å². The van der Waals surface area contributed by atoms with Crippen molar-refractivity contribution >= 4 is 22.0 Å². The van der Waals surface area contributed by atoms with Gasteiger partial charge in [-0.3, -0.25) is 0 Å². The number of carboxylic acid groups (broad SMARTS) is 1. The van der Waals surface area contributed by atoms with E-state index in [2.05, 4.69) is 36.7 Å². The van der Waals surface area contributed by atoms with Crippen LogP contribution in [0.2, 0.25) is 0 Å². The second kappa shape index (κ2) is 3.48. The molecule has 1 aliphatic heterocycles. The zero-order valence-electron chi connectivity index (χ0n) is 8.25. The van der Waals surface area contributed by atoms with Crippen LogP contribution in [0.4, 0.5) is 4.79 Å².